The predicted molar refractivity (Wildman–Crippen MR) is 66.5 cm³/mol. The molecule has 0 aliphatic heterocycles. The maximum atomic E-state index is 11.1. The van der Waals surface area contributed by atoms with Gasteiger partial charge in [0.05, 0.1) is 10.7 Å². The van der Waals surface area contributed by atoms with Crippen LogP contribution in [-0.4, -0.2) is 24.7 Å². The third-order valence-electron chi connectivity index (χ3n) is 2.12. The van der Waals surface area contributed by atoms with Gasteiger partial charge in [0.25, 0.3) is 0 Å². The van der Waals surface area contributed by atoms with Crippen LogP contribution in [0.2, 0.25) is 5.02 Å². The number of likely N-dealkylation sites (N-methyl/N-ethyl adjacent to an activating group) is 1. The Hall–Kier alpha value is -1.48. The van der Waals surface area contributed by atoms with Gasteiger partial charge in [0.15, 0.2) is 0 Å². The number of halogens is 1. The molecule has 86 valence electrons. The van der Waals surface area contributed by atoms with Crippen molar-refractivity contribution >= 4 is 23.3 Å². The van der Waals surface area contributed by atoms with Crippen molar-refractivity contribution < 1.29 is 9.90 Å². The Morgan fingerprint density at radius 3 is 2.69 bits per heavy atom. The monoisotopic (exact) mass is 239 g/mol. The van der Waals surface area contributed by atoms with Crippen LogP contribution in [0, 0.1) is 0 Å². The summed E-state index contributed by atoms with van der Waals surface area (Å²) in [6.07, 6.45) is 0. The van der Waals surface area contributed by atoms with Crippen LogP contribution in [0.5, 0.6) is 0 Å². The maximum Gasteiger partial charge on any atom is 0.339 e. The van der Waals surface area contributed by atoms with Crippen LogP contribution >= 0.6 is 11.6 Å². The summed E-state index contributed by atoms with van der Waals surface area (Å²) in [5, 5.41) is 9.34. The minimum atomic E-state index is -1.02. The van der Waals surface area contributed by atoms with Crippen molar-refractivity contribution in [2.75, 3.05) is 18.5 Å². The lowest BCUT2D eigenvalue weighted by Crippen LogP contribution is -2.21. The molecule has 0 saturated carbocycles. The van der Waals surface area contributed by atoms with Crippen molar-refractivity contribution in [3.8, 4) is 0 Å². The zero-order chi connectivity index (χ0) is 12.3. The summed E-state index contributed by atoms with van der Waals surface area (Å²) in [6.45, 7) is 6.28. The molecule has 4 heteroatoms. The maximum absolute atomic E-state index is 11.1. The quantitative estimate of drug-likeness (QED) is 0.821. The number of carboxylic acid groups (broad SMARTS) is 1. The van der Waals surface area contributed by atoms with E-state index >= 15 is 0 Å². The Morgan fingerprint density at radius 1 is 1.56 bits per heavy atom. The largest absolute Gasteiger partial charge is 0.478 e. The van der Waals surface area contributed by atoms with Gasteiger partial charge in [0.1, 0.15) is 5.56 Å². The van der Waals surface area contributed by atoms with E-state index in [1.54, 1.807) is 18.2 Å². The molecule has 0 saturated heterocycles. The Kier molecular flexibility index (Phi) is 3.96. The zero-order valence-electron chi connectivity index (χ0n) is 9.33. The van der Waals surface area contributed by atoms with Crippen molar-refractivity contribution in [1.82, 2.24) is 0 Å². The van der Waals surface area contributed by atoms with Gasteiger partial charge in [-0.25, -0.2) is 4.79 Å². The Balaban J connectivity index is 3.17. The fourth-order valence-corrected chi connectivity index (χ4v) is 1.78. The van der Waals surface area contributed by atoms with E-state index in [0.29, 0.717) is 12.2 Å². The average Bonchev–Trinajstić information content (AvgIpc) is 2.15. The molecule has 3 nitrogen and oxygen atoms in total. The lowest BCUT2D eigenvalue weighted by atomic mass is 10.1. The number of anilines is 1. The van der Waals surface area contributed by atoms with Gasteiger partial charge in [-0.1, -0.05) is 29.8 Å². The summed E-state index contributed by atoms with van der Waals surface area (Å²) in [5.74, 6) is -1.02. The van der Waals surface area contributed by atoms with E-state index < -0.39 is 5.97 Å². The average molecular weight is 240 g/mol. The Morgan fingerprint density at radius 2 is 2.19 bits per heavy atom. The van der Waals surface area contributed by atoms with E-state index in [9.17, 15) is 4.79 Å². The van der Waals surface area contributed by atoms with Crippen LogP contribution in [0.15, 0.2) is 30.4 Å². The molecule has 0 unspecified atom stereocenters. The number of rotatable bonds is 4. The number of benzene rings is 1. The zero-order valence-corrected chi connectivity index (χ0v) is 10.1. The van der Waals surface area contributed by atoms with Gasteiger partial charge in [-0.3, -0.25) is 0 Å². The molecule has 1 N–H and O–H groups in total. The molecular formula is C12H14ClNO2. The Bertz CT molecular complexity index is 429. The van der Waals surface area contributed by atoms with Crippen molar-refractivity contribution in [2.45, 2.75) is 6.92 Å². The van der Waals surface area contributed by atoms with Crippen molar-refractivity contribution in [3.05, 3.63) is 40.9 Å². The minimum Gasteiger partial charge on any atom is -0.478 e. The summed E-state index contributed by atoms with van der Waals surface area (Å²) < 4.78 is 0. The van der Waals surface area contributed by atoms with Crippen LogP contribution in [-0.2, 0) is 0 Å². The molecule has 0 heterocycles. The molecule has 1 aromatic carbocycles. The highest BCUT2D eigenvalue weighted by Gasteiger charge is 2.16. The smallest absolute Gasteiger partial charge is 0.339 e. The van der Waals surface area contributed by atoms with Gasteiger partial charge in [-0.05, 0) is 19.1 Å². The lowest BCUT2D eigenvalue weighted by molar-refractivity contribution is 0.0698. The van der Waals surface area contributed by atoms with Crippen molar-refractivity contribution in [1.29, 1.82) is 0 Å². The number of carbonyl (C=O) groups is 1. The highest BCUT2D eigenvalue weighted by Crippen LogP contribution is 2.27. The van der Waals surface area contributed by atoms with Gasteiger partial charge in [-0.2, -0.15) is 0 Å². The molecule has 0 aliphatic rings. The molecule has 0 radical (unpaired) electrons. The summed E-state index contributed by atoms with van der Waals surface area (Å²) in [7, 11) is 1.81. The summed E-state index contributed by atoms with van der Waals surface area (Å²) >= 11 is 5.88. The van der Waals surface area contributed by atoms with Gasteiger partial charge >= 0.3 is 5.97 Å². The third-order valence-corrected chi connectivity index (χ3v) is 2.44. The van der Waals surface area contributed by atoms with Gasteiger partial charge in [-0.15, -0.1) is 0 Å². The highest BCUT2D eigenvalue weighted by molar-refractivity contribution is 6.34. The molecule has 16 heavy (non-hydrogen) atoms. The first-order valence-electron chi connectivity index (χ1n) is 4.80. The molecule has 0 bridgehead atoms. The molecule has 1 rings (SSSR count). The van der Waals surface area contributed by atoms with E-state index in [1.807, 2.05) is 18.9 Å². The van der Waals surface area contributed by atoms with Crippen LogP contribution in [0.4, 0.5) is 5.69 Å². The Labute approximate surface area is 100.0 Å². The fraction of sp³-hybridized carbons (Fsp3) is 0.250. The first-order valence-corrected chi connectivity index (χ1v) is 5.18. The number of nitrogens with zero attached hydrogens (tertiary/aromatic N) is 1. The molecule has 0 amide bonds. The van der Waals surface area contributed by atoms with E-state index in [1.165, 1.54) is 0 Å². The molecule has 1 aromatic rings. The SMILES string of the molecule is C=C(C)CN(C)c1cccc(Cl)c1C(=O)O. The van der Waals surface area contributed by atoms with Crippen LogP contribution < -0.4 is 4.90 Å². The molecular weight excluding hydrogens is 226 g/mol. The summed E-state index contributed by atoms with van der Waals surface area (Å²) in [6, 6.07) is 5.04. The topological polar surface area (TPSA) is 40.5 Å². The number of hydrogen-bond acceptors (Lipinski definition) is 2. The van der Waals surface area contributed by atoms with Crippen LogP contribution in [0.25, 0.3) is 0 Å². The van der Waals surface area contributed by atoms with Gasteiger partial charge in [0.2, 0.25) is 0 Å². The van der Waals surface area contributed by atoms with Crippen molar-refractivity contribution in [3.63, 3.8) is 0 Å². The molecule has 0 aromatic heterocycles. The predicted octanol–water partition coefficient (Wildman–Crippen LogP) is 3.05. The van der Waals surface area contributed by atoms with E-state index in [2.05, 4.69) is 6.58 Å². The van der Waals surface area contributed by atoms with E-state index in [-0.39, 0.29) is 10.6 Å². The second-order valence-corrected chi connectivity index (χ2v) is 4.16. The number of hydrogen-bond donors (Lipinski definition) is 1. The van der Waals surface area contributed by atoms with Crippen molar-refractivity contribution in [2.24, 2.45) is 0 Å². The van der Waals surface area contributed by atoms with Gasteiger partial charge < -0.3 is 10.0 Å². The molecule has 0 fully saturated rings. The van der Waals surface area contributed by atoms with Crippen LogP contribution in [0.1, 0.15) is 17.3 Å². The highest BCUT2D eigenvalue weighted by atomic mass is 35.5. The second-order valence-electron chi connectivity index (χ2n) is 3.75. The van der Waals surface area contributed by atoms with E-state index in [0.717, 1.165) is 5.57 Å². The van der Waals surface area contributed by atoms with Gasteiger partial charge in [0, 0.05) is 13.6 Å². The normalized spacial score (nSPS) is 9.94. The number of aromatic carboxylic acids is 1. The molecule has 0 aliphatic carbocycles. The second kappa shape index (κ2) is 5.03. The van der Waals surface area contributed by atoms with E-state index in [4.69, 9.17) is 16.7 Å². The third kappa shape index (κ3) is 2.76. The first kappa shape index (κ1) is 12.6. The minimum absolute atomic E-state index is 0.132. The summed E-state index contributed by atoms with van der Waals surface area (Å²) in [4.78, 5) is 12.9. The van der Waals surface area contributed by atoms with Crippen LogP contribution in [0.3, 0.4) is 0 Å². The molecule has 0 spiro atoms. The number of carboxylic acids is 1. The molecule has 0 atom stereocenters. The standard InChI is InChI=1S/C12H14ClNO2/c1-8(2)7-14(3)10-6-4-5-9(13)11(10)12(15)16/h4-6H,1,7H2,2-3H3,(H,15,16). The lowest BCUT2D eigenvalue weighted by Gasteiger charge is -2.21. The summed E-state index contributed by atoms with van der Waals surface area (Å²) in [5.41, 5.74) is 1.69. The fourth-order valence-electron chi connectivity index (χ4n) is 1.53. The first-order chi connectivity index (χ1) is 7.43.